The van der Waals surface area contributed by atoms with Crippen molar-refractivity contribution in [2.24, 2.45) is 5.73 Å². The van der Waals surface area contributed by atoms with Gasteiger partial charge in [-0.3, -0.25) is 0 Å². The number of aromatic amines is 1. The summed E-state index contributed by atoms with van der Waals surface area (Å²) in [5.41, 5.74) is 8.63. The number of esters is 1. The molecule has 0 saturated heterocycles. The Kier molecular flexibility index (Phi) is 7.91. The fourth-order valence-electron chi connectivity index (χ4n) is 4.15. The molecule has 0 bridgehead atoms. The van der Waals surface area contributed by atoms with Crippen molar-refractivity contribution >= 4 is 34.6 Å². The van der Waals surface area contributed by atoms with Gasteiger partial charge in [0.25, 0.3) is 0 Å². The molecule has 0 unspecified atom stereocenters. The number of H-pyrrole nitrogens is 1. The first kappa shape index (κ1) is 23.9. The van der Waals surface area contributed by atoms with E-state index >= 15 is 0 Å². The van der Waals surface area contributed by atoms with Crippen LogP contribution in [0.25, 0.3) is 11.2 Å². The molecule has 0 aliphatic heterocycles. The second-order valence-electron chi connectivity index (χ2n) is 8.62. The molecule has 0 spiro atoms. The maximum absolute atomic E-state index is 12.4. The van der Waals surface area contributed by atoms with Gasteiger partial charge in [0.1, 0.15) is 6.61 Å². The highest BCUT2D eigenvalue weighted by Gasteiger charge is 2.20. The topological polar surface area (TPSA) is 134 Å². The Hall–Kier alpha value is -3.24. The molecule has 10 nitrogen and oxygen atoms in total. The van der Waals surface area contributed by atoms with Crippen LogP contribution in [-0.2, 0) is 4.74 Å². The average molecular weight is 467 g/mol. The molecule has 0 radical (unpaired) electrons. The van der Waals surface area contributed by atoms with Crippen molar-refractivity contribution in [3.63, 3.8) is 0 Å². The van der Waals surface area contributed by atoms with Crippen LogP contribution in [0.15, 0.2) is 30.6 Å². The Labute approximate surface area is 199 Å². The first-order valence-electron chi connectivity index (χ1n) is 12.1. The van der Waals surface area contributed by atoms with E-state index in [1.807, 2.05) is 12.1 Å². The Morgan fingerprint density at radius 2 is 1.88 bits per heavy atom. The lowest BCUT2D eigenvalue weighted by atomic mass is 9.92. The molecule has 1 saturated carbocycles. The fourth-order valence-corrected chi connectivity index (χ4v) is 4.15. The van der Waals surface area contributed by atoms with Crippen LogP contribution in [0.1, 0.15) is 49.9 Å². The lowest BCUT2D eigenvalue weighted by molar-refractivity contribution is 0.0466. The van der Waals surface area contributed by atoms with Gasteiger partial charge < -0.3 is 31.0 Å². The van der Waals surface area contributed by atoms with Crippen molar-refractivity contribution in [1.82, 2.24) is 24.8 Å². The lowest BCUT2D eigenvalue weighted by Gasteiger charge is -2.26. The smallest absolute Gasteiger partial charge is 0.338 e. The van der Waals surface area contributed by atoms with E-state index < -0.39 is 0 Å². The van der Waals surface area contributed by atoms with Crippen LogP contribution >= 0.6 is 0 Å². The number of likely N-dealkylation sites (N-methyl/N-ethyl adjacent to an activating group) is 1. The minimum absolute atomic E-state index is 0.286. The number of aromatic nitrogens is 4. The minimum Gasteiger partial charge on any atom is -0.461 e. The molecule has 2 aromatic heterocycles. The van der Waals surface area contributed by atoms with Gasteiger partial charge in [-0.1, -0.05) is 13.8 Å². The minimum atomic E-state index is -0.325. The van der Waals surface area contributed by atoms with E-state index in [1.54, 1.807) is 18.5 Å². The molecule has 34 heavy (non-hydrogen) atoms. The maximum Gasteiger partial charge on any atom is 0.338 e. The third-order valence-electron chi connectivity index (χ3n) is 6.30. The summed E-state index contributed by atoms with van der Waals surface area (Å²) in [5.74, 6) is 0.818. The summed E-state index contributed by atoms with van der Waals surface area (Å²) >= 11 is 0. The van der Waals surface area contributed by atoms with Crippen LogP contribution in [0.5, 0.6) is 0 Å². The number of nitrogens with one attached hydrogen (secondary N) is 3. The molecule has 1 aromatic carbocycles. The van der Waals surface area contributed by atoms with Crippen LogP contribution in [0, 0.1) is 0 Å². The molecule has 182 valence electrons. The summed E-state index contributed by atoms with van der Waals surface area (Å²) in [6, 6.07) is 7.74. The summed E-state index contributed by atoms with van der Waals surface area (Å²) in [4.78, 5) is 31.2. The highest BCUT2D eigenvalue weighted by atomic mass is 16.5. The van der Waals surface area contributed by atoms with E-state index in [4.69, 9.17) is 10.5 Å². The molecule has 1 aliphatic rings. The van der Waals surface area contributed by atoms with Crippen molar-refractivity contribution in [1.29, 1.82) is 0 Å². The number of carbonyl (C=O) groups is 1. The van der Waals surface area contributed by atoms with Crippen LogP contribution in [-0.4, -0.2) is 69.1 Å². The van der Waals surface area contributed by atoms with Crippen LogP contribution < -0.4 is 16.4 Å². The van der Waals surface area contributed by atoms with Crippen molar-refractivity contribution in [3.05, 3.63) is 36.2 Å². The number of imidazole rings is 1. The number of anilines is 3. The summed E-state index contributed by atoms with van der Waals surface area (Å²) in [6.07, 6.45) is 5.60. The Morgan fingerprint density at radius 1 is 1.15 bits per heavy atom. The Bertz CT molecular complexity index is 1070. The van der Waals surface area contributed by atoms with Gasteiger partial charge in [0.15, 0.2) is 17.0 Å². The number of fused-ring (bicyclic) bond motifs is 1. The first-order valence-corrected chi connectivity index (χ1v) is 12.1. The van der Waals surface area contributed by atoms with E-state index in [-0.39, 0.29) is 12.0 Å². The van der Waals surface area contributed by atoms with Crippen molar-refractivity contribution in [3.8, 4) is 0 Å². The molecule has 1 aliphatic carbocycles. The quantitative estimate of drug-likeness (QED) is 0.332. The number of ether oxygens (including phenoxy) is 1. The van der Waals surface area contributed by atoms with Crippen molar-refractivity contribution in [2.75, 3.05) is 36.9 Å². The monoisotopic (exact) mass is 466 g/mol. The second kappa shape index (κ2) is 11.3. The molecule has 0 amide bonds. The van der Waals surface area contributed by atoms with E-state index in [9.17, 15) is 4.79 Å². The summed E-state index contributed by atoms with van der Waals surface area (Å²) in [6.45, 7) is 7.17. The number of benzene rings is 1. The molecule has 5 N–H and O–H groups in total. The molecule has 1 fully saturated rings. The zero-order chi connectivity index (χ0) is 23.9. The summed E-state index contributed by atoms with van der Waals surface area (Å²) in [5, 5.41) is 6.74. The molecule has 3 aromatic rings. The molecule has 10 heteroatoms. The standard InChI is InChI=1S/C24H34N8O2/c1-3-32(4-2)13-14-34-23(33)16-5-9-18(10-6-16)28-22-20-21(27-15-26-20)30-24(31-22)29-19-11-7-17(25)8-12-19/h5-6,9-10,15,17,19H,3-4,7-8,11-14,25H2,1-2H3,(H3,26,27,28,29,30,31). The van der Waals surface area contributed by atoms with Crippen LogP contribution in [0.4, 0.5) is 17.5 Å². The van der Waals surface area contributed by atoms with Gasteiger partial charge in [-0.2, -0.15) is 9.97 Å². The molecule has 4 rings (SSSR count). The van der Waals surface area contributed by atoms with E-state index in [1.165, 1.54) is 0 Å². The van der Waals surface area contributed by atoms with Crippen molar-refractivity contribution in [2.45, 2.75) is 51.6 Å². The molecular formula is C24H34N8O2. The average Bonchev–Trinajstić information content (AvgIpc) is 3.33. The molecular weight excluding hydrogens is 432 g/mol. The zero-order valence-corrected chi connectivity index (χ0v) is 19.9. The van der Waals surface area contributed by atoms with Gasteiger partial charge >= 0.3 is 5.97 Å². The number of hydrogen-bond acceptors (Lipinski definition) is 9. The Morgan fingerprint density at radius 3 is 2.59 bits per heavy atom. The van der Waals surface area contributed by atoms with Crippen molar-refractivity contribution < 1.29 is 9.53 Å². The molecule has 0 atom stereocenters. The number of rotatable bonds is 10. The first-order chi connectivity index (χ1) is 16.6. The lowest BCUT2D eigenvalue weighted by Crippen LogP contribution is -2.33. The van der Waals surface area contributed by atoms with Gasteiger partial charge in [0.05, 0.1) is 11.9 Å². The SMILES string of the molecule is CCN(CC)CCOC(=O)c1ccc(Nc2nc(NC3CCC(N)CC3)nc3[nH]cnc23)cc1. The van der Waals surface area contributed by atoms with E-state index in [0.29, 0.717) is 41.1 Å². The third kappa shape index (κ3) is 6.00. The Balaban J connectivity index is 1.41. The predicted octanol–water partition coefficient (Wildman–Crippen LogP) is 3.28. The highest BCUT2D eigenvalue weighted by Crippen LogP contribution is 2.25. The van der Waals surface area contributed by atoms with E-state index in [2.05, 4.69) is 49.3 Å². The van der Waals surface area contributed by atoms with Gasteiger partial charge in [0.2, 0.25) is 5.95 Å². The van der Waals surface area contributed by atoms with Crippen LogP contribution in [0.2, 0.25) is 0 Å². The van der Waals surface area contributed by atoms with Gasteiger partial charge in [-0.25, -0.2) is 9.78 Å². The normalized spacial score (nSPS) is 18.2. The number of hydrogen-bond donors (Lipinski definition) is 4. The van der Waals surface area contributed by atoms with Gasteiger partial charge in [0, 0.05) is 24.3 Å². The molecule has 2 heterocycles. The summed E-state index contributed by atoms with van der Waals surface area (Å²) < 4.78 is 5.41. The summed E-state index contributed by atoms with van der Waals surface area (Å²) in [7, 11) is 0. The third-order valence-corrected chi connectivity index (χ3v) is 6.30. The fraction of sp³-hybridized carbons (Fsp3) is 0.500. The zero-order valence-electron chi connectivity index (χ0n) is 19.9. The second-order valence-corrected chi connectivity index (χ2v) is 8.62. The maximum atomic E-state index is 12.4. The highest BCUT2D eigenvalue weighted by molar-refractivity contribution is 5.90. The number of nitrogens with two attached hydrogens (primary N) is 1. The number of nitrogens with zero attached hydrogens (tertiary/aromatic N) is 4. The van der Waals surface area contributed by atoms with Gasteiger partial charge in [-0.05, 0) is 63.0 Å². The predicted molar refractivity (Wildman–Crippen MR) is 133 cm³/mol. The van der Waals surface area contributed by atoms with Crippen LogP contribution in [0.3, 0.4) is 0 Å². The van der Waals surface area contributed by atoms with E-state index in [0.717, 1.165) is 51.0 Å². The largest absolute Gasteiger partial charge is 0.461 e. The number of carbonyl (C=O) groups excluding carboxylic acids is 1. The van der Waals surface area contributed by atoms with Gasteiger partial charge in [-0.15, -0.1) is 0 Å².